The zero-order valence-electron chi connectivity index (χ0n) is 17.1. The maximum absolute atomic E-state index is 13.2. The van der Waals surface area contributed by atoms with Crippen molar-refractivity contribution in [2.24, 2.45) is 0 Å². The van der Waals surface area contributed by atoms with Crippen molar-refractivity contribution in [1.29, 1.82) is 0 Å². The number of carbonyl (C=O) groups excluding carboxylic acids is 2. The van der Waals surface area contributed by atoms with Gasteiger partial charge in [-0.15, -0.1) is 0 Å². The Kier molecular flexibility index (Phi) is 5.83. The molecule has 0 radical (unpaired) electrons. The number of hydrogen-bond acceptors (Lipinski definition) is 4. The molecule has 2 aromatic carbocycles. The minimum Gasteiger partial charge on any atom is -0.456 e. The van der Waals surface area contributed by atoms with Gasteiger partial charge in [0, 0.05) is 5.02 Å². The Balaban J connectivity index is 2.07. The summed E-state index contributed by atoms with van der Waals surface area (Å²) in [6.45, 7) is 8.80. The molecule has 29 heavy (non-hydrogen) atoms. The fourth-order valence-electron chi connectivity index (χ4n) is 3.75. The molecular weight excluding hydrogens is 411 g/mol. The fraction of sp³-hybridized carbons (Fsp3) is 0.391. The van der Waals surface area contributed by atoms with Crippen LogP contribution in [0.3, 0.4) is 0 Å². The first-order valence-corrected chi connectivity index (χ1v) is 10.3. The number of Topliss-reactive ketones (excluding diaryl/α,β-unsaturated/α-hetero) is 2. The van der Waals surface area contributed by atoms with Crippen molar-refractivity contribution < 1.29 is 19.1 Å². The topological polar surface area (TPSA) is 52.6 Å². The van der Waals surface area contributed by atoms with Crippen LogP contribution in [0.2, 0.25) is 10.0 Å². The van der Waals surface area contributed by atoms with Gasteiger partial charge in [0.2, 0.25) is 0 Å². The van der Waals surface area contributed by atoms with Crippen LogP contribution in [0.15, 0.2) is 36.4 Å². The van der Waals surface area contributed by atoms with Gasteiger partial charge in [-0.1, -0.05) is 36.2 Å². The van der Waals surface area contributed by atoms with Gasteiger partial charge in [-0.2, -0.15) is 0 Å². The lowest BCUT2D eigenvalue weighted by atomic mass is 9.73. The fourth-order valence-corrected chi connectivity index (χ4v) is 4.19. The van der Waals surface area contributed by atoms with Gasteiger partial charge in [0.15, 0.2) is 11.6 Å². The SMILES string of the molecule is CCc1ccc(Oc2ccc(Cl)cc2Cl)cc1C1C(=O)C(C)(C)OC(C)(C)C1=O. The second-order valence-corrected chi connectivity index (χ2v) is 9.02. The van der Waals surface area contributed by atoms with Gasteiger partial charge in [0.1, 0.15) is 28.6 Å². The number of carbonyl (C=O) groups is 2. The standard InChI is InChI=1S/C23H24Cl2O4/c1-6-13-7-9-15(28-18-10-8-14(24)11-17(18)25)12-16(13)19-20(26)22(2,3)29-23(4,5)21(19)27/h7-12,19H,6H2,1-5H3. The Morgan fingerprint density at radius 2 is 1.59 bits per heavy atom. The highest BCUT2D eigenvalue weighted by Gasteiger charge is 2.53. The first kappa shape index (κ1) is 21.8. The first-order valence-electron chi connectivity index (χ1n) is 9.51. The number of benzene rings is 2. The van der Waals surface area contributed by atoms with Gasteiger partial charge in [0.05, 0.1) is 5.02 Å². The first-order chi connectivity index (χ1) is 13.5. The minimum absolute atomic E-state index is 0.252. The maximum atomic E-state index is 13.2. The van der Waals surface area contributed by atoms with Crippen molar-refractivity contribution in [1.82, 2.24) is 0 Å². The number of halogens is 2. The van der Waals surface area contributed by atoms with E-state index in [1.165, 1.54) is 0 Å². The van der Waals surface area contributed by atoms with Crippen LogP contribution in [0.25, 0.3) is 0 Å². The predicted octanol–water partition coefficient (Wildman–Crippen LogP) is 6.16. The van der Waals surface area contributed by atoms with E-state index in [1.807, 2.05) is 13.0 Å². The molecule has 1 aliphatic rings. The molecule has 4 nitrogen and oxygen atoms in total. The van der Waals surface area contributed by atoms with E-state index in [0.29, 0.717) is 33.5 Å². The molecule has 0 N–H and O–H groups in total. The van der Waals surface area contributed by atoms with Gasteiger partial charge in [-0.05, 0) is 75.6 Å². The molecule has 0 aromatic heterocycles. The van der Waals surface area contributed by atoms with Crippen molar-refractivity contribution in [3.8, 4) is 11.5 Å². The number of rotatable bonds is 4. The lowest BCUT2D eigenvalue weighted by Crippen LogP contribution is -2.58. The van der Waals surface area contributed by atoms with Gasteiger partial charge in [-0.25, -0.2) is 0 Å². The number of aryl methyl sites for hydroxylation is 1. The molecule has 0 saturated carbocycles. The Bertz CT molecular complexity index is 953. The third kappa shape index (κ3) is 4.20. The van der Waals surface area contributed by atoms with E-state index in [1.54, 1.807) is 58.0 Å². The number of hydrogen-bond donors (Lipinski definition) is 0. The van der Waals surface area contributed by atoms with Crippen molar-refractivity contribution >= 4 is 34.8 Å². The van der Waals surface area contributed by atoms with Crippen LogP contribution < -0.4 is 4.74 Å². The highest BCUT2D eigenvalue weighted by molar-refractivity contribution is 6.35. The third-order valence-electron chi connectivity index (χ3n) is 5.15. The molecule has 3 rings (SSSR count). The Hall–Kier alpha value is -1.88. The van der Waals surface area contributed by atoms with E-state index >= 15 is 0 Å². The van der Waals surface area contributed by atoms with E-state index in [2.05, 4.69) is 0 Å². The molecule has 1 saturated heterocycles. The smallest absolute Gasteiger partial charge is 0.179 e. The van der Waals surface area contributed by atoms with Crippen LogP contribution in [0, 0.1) is 0 Å². The summed E-state index contributed by atoms with van der Waals surface area (Å²) in [5.74, 6) is -0.481. The molecule has 0 atom stereocenters. The summed E-state index contributed by atoms with van der Waals surface area (Å²) in [6.07, 6.45) is 0.677. The van der Waals surface area contributed by atoms with Crippen LogP contribution in [-0.4, -0.2) is 22.8 Å². The molecule has 0 spiro atoms. The van der Waals surface area contributed by atoms with Crippen LogP contribution >= 0.6 is 23.2 Å². The van der Waals surface area contributed by atoms with E-state index in [9.17, 15) is 9.59 Å². The number of ketones is 2. The molecule has 1 aliphatic heterocycles. The Morgan fingerprint density at radius 3 is 2.14 bits per heavy atom. The van der Waals surface area contributed by atoms with Gasteiger partial charge >= 0.3 is 0 Å². The normalized spacial score (nSPS) is 18.7. The second kappa shape index (κ2) is 7.75. The average Bonchev–Trinajstić information content (AvgIpc) is 2.62. The molecule has 0 amide bonds. The summed E-state index contributed by atoms with van der Waals surface area (Å²) in [5, 5.41) is 0.881. The lowest BCUT2D eigenvalue weighted by Gasteiger charge is -2.43. The molecule has 2 aromatic rings. The van der Waals surface area contributed by atoms with Crippen LogP contribution in [0.1, 0.15) is 51.7 Å². The summed E-state index contributed by atoms with van der Waals surface area (Å²) < 4.78 is 11.7. The summed E-state index contributed by atoms with van der Waals surface area (Å²) in [4.78, 5) is 26.3. The van der Waals surface area contributed by atoms with Crippen molar-refractivity contribution in [3.63, 3.8) is 0 Å². The van der Waals surface area contributed by atoms with Gasteiger partial charge in [-0.3, -0.25) is 9.59 Å². The molecule has 0 aliphatic carbocycles. The minimum atomic E-state index is -1.07. The molecule has 1 heterocycles. The lowest BCUT2D eigenvalue weighted by molar-refractivity contribution is -0.184. The molecule has 1 fully saturated rings. The van der Waals surface area contributed by atoms with Gasteiger partial charge in [0.25, 0.3) is 0 Å². The van der Waals surface area contributed by atoms with Crippen LogP contribution in [-0.2, 0) is 20.7 Å². The quantitative estimate of drug-likeness (QED) is 0.540. The highest BCUT2D eigenvalue weighted by atomic mass is 35.5. The monoisotopic (exact) mass is 434 g/mol. The second-order valence-electron chi connectivity index (χ2n) is 8.18. The Labute approximate surface area is 181 Å². The molecule has 154 valence electrons. The van der Waals surface area contributed by atoms with E-state index in [4.69, 9.17) is 32.7 Å². The third-order valence-corrected chi connectivity index (χ3v) is 5.68. The maximum Gasteiger partial charge on any atom is 0.179 e. The van der Waals surface area contributed by atoms with Crippen LogP contribution in [0.5, 0.6) is 11.5 Å². The van der Waals surface area contributed by atoms with E-state index < -0.39 is 17.1 Å². The van der Waals surface area contributed by atoms with Crippen molar-refractivity contribution in [2.75, 3.05) is 0 Å². The van der Waals surface area contributed by atoms with Crippen molar-refractivity contribution in [2.45, 2.75) is 58.2 Å². The van der Waals surface area contributed by atoms with Gasteiger partial charge < -0.3 is 9.47 Å². The summed E-state index contributed by atoms with van der Waals surface area (Å²) >= 11 is 12.2. The van der Waals surface area contributed by atoms with Crippen molar-refractivity contribution in [3.05, 3.63) is 57.6 Å². The zero-order valence-corrected chi connectivity index (χ0v) is 18.6. The Morgan fingerprint density at radius 1 is 0.966 bits per heavy atom. The van der Waals surface area contributed by atoms with E-state index in [0.717, 1.165) is 5.56 Å². The van der Waals surface area contributed by atoms with Crippen LogP contribution in [0.4, 0.5) is 0 Å². The molecular formula is C23H24Cl2O4. The average molecular weight is 435 g/mol. The number of ether oxygens (including phenoxy) is 2. The summed E-state index contributed by atoms with van der Waals surface area (Å²) in [6, 6.07) is 10.4. The van der Waals surface area contributed by atoms with E-state index in [-0.39, 0.29) is 11.6 Å². The predicted molar refractivity (Wildman–Crippen MR) is 114 cm³/mol. The molecule has 0 bridgehead atoms. The summed E-state index contributed by atoms with van der Waals surface area (Å²) in [5.41, 5.74) is -0.568. The summed E-state index contributed by atoms with van der Waals surface area (Å²) in [7, 11) is 0. The molecule has 0 unspecified atom stereocenters. The molecule has 6 heteroatoms. The highest BCUT2D eigenvalue weighted by Crippen LogP contribution is 2.41. The zero-order chi connectivity index (χ0) is 21.6. The largest absolute Gasteiger partial charge is 0.456 e.